The number of ketones is 1. The van der Waals surface area contributed by atoms with Gasteiger partial charge in [-0.25, -0.2) is 0 Å². The molecule has 1 unspecified atom stereocenters. The van der Waals surface area contributed by atoms with Crippen LogP contribution in [0.3, 0.4) is 0 Å². The van der Waals surface area contributed by atoms with Gasteiger partial charge in [-0.15, -0.1) is 0 Å². The first-order chi connectivity index (χ1) is 17.0. The van der Waals surface area contributed by atoms with Crippen molar-refractivity contribution in [3.8, 4) is 17.6 Å². The molecule has 1 aliphatic rings. The van der Waals surface area contributed by atoms with Crippen LogP contribution < -0.4 is 14.4 Å². The zero-order valence-electron chi connectivity index (χ0n) is 19.4. The third-order valence-corrected chi connectivity index (χ3v) is 5.65. The standard InChI is InChI=1S/C28H24N2O5/c1-3-34-21-14-15-22(23(16-21)35-4-2)26(31)24-25(19-8-6-5-7-9-19)30(28(33)27(24)32)20-12-10-18(17-29)11-13-20/h5-16,25,31H,3-4H2,1-2H3/b26-24-. The highest BCUT2D eigenvalue weighted by Crippen LogP contribution is 2.43. The number of nitrogens with zero attached hydrogens (tertiary/aromatic N) is 2. The third kappa shape index (κ3) is 4.46. The number of carbonyl (C=O) groups is 2. The van der Waals surface area contributed by atoms with Crippen molar-refractivity contribution in [2.75, 3.05) is 18.1 Å². The van der Waals surface area contributed by atoms with E-state index in [1.165, 1.54) is 4.90 Å². The fourth-order valence-corrected chi connectivity index (χ4v) is 4.12. The maximum atomic E-state index is 13.3. The van der Waals surface area contributed by atoms with Crippen LogP contribution in [0.4, 0.5) is 5.69 Å². The molecule has 1 amide bonds. The van der Waals surface area contributed by atoms with Crippen molar-refractivity contribution in [2.45, 2.75) is 19.9 Å². The van der Waals surface area contributed by atoms with Crippen molar-refractivity contribution in [2.24, 2.45) is 0 Å². The van der Waals surface area contributed by atoms with Crippen molar-refractivity contribution in [3.63, 3.8) is 0 Å². The molecule has 0 saturated carbocycles. The highest BCUT2D eigenvalue weighted by Gasteiger charge is 2.47. The second kappa shape index (κ2) is 10.1. The average molecular weight is 469 g/mol. The summed E-state index contributed by atoms with van der Waals surface area (Å²) in [6.07, 6.45) is 0. The maximum absolute atomic E-state index is 13.3. The van der Waals surface area contributed by atoms with Gasteiger partial charge in [0.25, 0.3) is 11.7 Å². The number of rotatable bonds is 7. The van der Waals surface area contributed by atoms with Crippen LogP contribution in [-0.2, 0) is 9.59 Å². The molecule has 7 heteroatoms. The molecule has 3 aromatic rings. The summed E-state index contributed by atoms with van der Waals surface area (Å²) in [4.78, 5) is 27.9. The molecular weight excluding hydrogens is 444 g/mol. The number of hydrogen-bond acceptors (Lipinski definition) is 6. The summed E-state index contributed by atoms with van der Waals surface area (Å²) in [5, 5.41) is 20.6. The van der Waals surface area contributed by atoms with E-state index in [9.17, 15) is 14.7 Å². The Bertz CT molecular complexity index is 1320. The Labute approximate surface area is 203 Å². The van der Waals surface area contributed by atoms with Crippen LogP contribution in [0.15, 0.2) is 78.4 Å². The average Bonchev–Trinajstić information content (AvgIpc) is 3.15. The lowest BCUT2D eigenvalue weighted by molar-refractivity contribution is -0.132. The molecule has 7 nitrogen and oxygen atoms in total. The largest absolute Gasteiger partial charge is 0.507 e. The summed E-state index contributed by atoms with van der Waals surface area (Å²) in [5.41, 5.74) is 1.76. The number of ether oxygens (including phenoxy) is 2. The molecule has 35 heavy (non-hydrogen) atoms. The van der Waals surface area contributed by atoms with Gasteiger partial charge >= 0.3 is 0 Å². The van der Waals surface area contributed by atoms with E-state index in [1.807, 2.05) is 26.0 Å². The van der Waals surface area contributed by atoms with Crippen LogP contribution in [0.25, 0.3) is 5.76 Å². The van der Waals surface area contributed by atoms with Crippen LogP contribution in [0.5, 0.6) is 11.5 Å². The second-order valence-corrected chi connectivity index (χ2v) is 7.76. The van der Waals surface area contributed by atoms with Crippen molar-refractivity contribution in [1.29, 1.82) is 5.26 Å². The number of Topliss-reactive ketones (excluding diaryl/α,β-unsaturated/α-hetero) is 1. The normalized spacial score (nSPS) is 16.7. The lowest BCUT2D eigenvalue weighted by Crippen LogP contribution is -2.29. The van der Waals surface area contributed by atoms with E-state index in [1.54, 1.807) is 66.7 Å². The van der Waals surface area contributed by atoms with Crippen molar-refractivity contribution in [3.05, 3.63) is 95.1 Å². The van der Waals surface area contributed by atoms with Crippen LogP contribution in [0.2, 0.25) is 0 Å². The molecule has 176 valence electrons. The molecule has 1 atom stereocenters. The third-order valence-electron chi connectivity index (χ3n) is 5.65. The number of nitriles is 1. The second-order valence-electron chi connectivity index (χ2n) is 7.76. The summed E-state index contributed by atoms with van der Waals surface area (Å²) >= 11 is 0. The molecule has 1 fully saturated rings. The predicted molar refractivity (Wildman–Crippen MR) is 131 cm³/mol. The molecule has 1 aliphatic heterocycles. The summed E-state index contributed by atoms with van der Waals surface area (Å²) in [6.45, 7) is 4.46. The fourth-order valence-electron chi connectivity index (χ4n) is 4.12. The highest BCUT2D eigenvalue weighted by molar-refractivity contribution is 6.51. The molecule has 0 spiro atoms. The van der Waals surface area contributed by atoms with Gasteiger partial charge < -0.3 is 14.6 Å². The predicted octanol–water partition coefficient (Wildman–Crippen LogP) is 4.98. The minimum atomic E-state index is -0.870. The molecule has 1 saturated heterocycles. The van der Waals surface area contributed by atoms with Gasteiger partial charge in [0.1, 0.15) is 17.3 Å². The number of hydrogen-bond donors (Lipinski definition) is 1. The van der Waals surface area contributed by atoms with Crippen molar-refractivity contribution < 1.29 is 24.2 Å². The van der Waals surface area contributed by atoms with E-state index in [2.05, 4.69) is 0 Å². The smallest absolute Gasteiger partial charge is 0.300 e. The molecule has 0 aliphatic carbocycles. The minimum absolute atomic E-state index is 0.0457. The number of benzene rings is 3. The molecule has 1 N–H and O–H groups in total. The first-order valence-electron chi connectivity index (χ1n) is 11.3. The Morgan fingerprint density at radius 1 is 0.971 bits per heavy atom. The Balaban J connectivity index is 1.92. The first kappa shape index (κ1) is 23.6. The number of carbonyl (C=O) groups excluding carboxylic acids is 2. The van der Waals surface area contributed by atoms with E-state index in [4.69, 9.17) is 14.7 Å². The number of aliphatic hydroxyl groups is 1. The SMILES string of the molecule is CCOc1ccc(/C(O)=C2/C(=O)C(=O)N(c3ccc(C#N)cc3)C2c2ccccc2)c(OCC)c1. The molecule has 0 bridgehead atoms. The summed E-state index contributed by atoms with van der Waals surface area (Å²) < 4.78 is 11.3. The number of anilines is 1. The van der Waals surface area contributed by atoms with Crippen molar-refractivity contribution in [1.82, 2.24) is 0 Å². The van der Waals surface area contributed by atoms with Crippen LogP contribution in [0, 0.1) is 11.3 Å². The van der Waals surface area contributed by atoms with Gasteiger partial charge in [-0.3, -0.25) is 14.5 Å². The highest BCUT2D eigenvalue weighted by atomic mass is 16.5. The zero-order chi connectivity index (χ0) is 24.9. The molecule has 3 aromatic carbocycles. The van der Waals surface area contributed by atoms with Crippen molar-refractivity contribution >= 4 is 23.1 Å². The van der Waals surface area contributed by atoms with Gasteiger partial charge in [0.05, 0.1) is 42.0 Å². The topological polar surface area (TPSA) is 99.9 Å². The Morgan fingerprint density at radius 3 is 2.29 bits per heavy atom. The molecule has 4 rings (SSSR count). The summed E-state index contributed by atoms with van der Waals surface area (Å²) in [5.74, 6) is -1.01. The Morgan fingerprint density at radius 2 is 1.66 bits per heavy atom. The van der Waals surface area contributed by atoms with Gasteiger partial charge in [-0.1, -0.05) is 30.3 Å². The summed E-state index contributed by atoms with van der Waals surface area (Å²) in [7, 11) is 0. The lowest BCUT2D eigenvalue weighted by Gasteiger charge is -2.25. The van der Waals surface area contributed by atoms with E-state index < -0.39 is 17.7 Å². The quantitative estimate of drug-likeness (QED) is 0.298. The van der Waals surface area contributed by atoms with E-state index in [-0.39, 0.29) is 16.9 Å². The van der Waals surface area contributed by atoms with Gasteiger partial charge in [-0.2, -0.15) is 5.26 Å². The van der Waals surface area contributed by atoms with Gasteiger partial charge in [0.15, 0.2) is 0 Å². The van der Waals surface area contributed by atoms with Gasteiger partial charge in [0, 0.05) is 11.8 Å². The van der Waals surface area contributed by atoms with E-state index in [0.29, 0.717) is 41.5 Å². The number of amides is 1. The van der Waals surface area contributed by atoms with E-state index in [0.717, 1.165) is 0 Å². The number of aliphatic hydroxyl groups excluding tert-OH is 1. The fraction of sp³-hybridized carbons (Fsp3) is 0.179. The first-order valence-corrected chi connectivity index (χ1v) is 11.3. The Hall–Kier alpha value is -4.57. The van der Waals surface area contributed by atoms with Gasteiger partial charge in [0.2, 0.25) is 0 Å². The summed E-state index contributed by atoms with van der Waals surface area (Å²) in [6, 6.07) is 21.5. The zero-order valence-corrected chi connectivity index (χ0v) is 19.4. The minimum Gasteiger partial charge on any atom is -0.507 e. The molecular formula is C28H24N2O5. The van der Waals surface area contributed by atoms with Crippen LogP contribution >= 0.6 is 0 Å². The van der Waals surface area contributed by atoms with E-state index >= 15 is 0 Å². The molecule has 1 heterocycles. The maximum Gasteiger partial charge on any atom is 0.300 e. The molecule has 0 aromatic heterocycles. The van der Waals surface area contributed by atoms with Gasteiger partial charge in [-0.05, 0) is 55.8 Å². The monoisotopic (exact) mass is 468 g/mol. The Kier molecular flexibility index (Phi) is 6.83. The lowest BCUT2D eigenvalue weighted by atomic mass is 9.94. The molecule has 0 radical (unpaired) electrons. The van der Waals surface area contributed by atoms with Crippen LogP contribution in [-0.4, -0.2) is 30.0 Å². The van der Waals surface area contributed by atoms with Crippen LogP contribution in [0.1, 0.15) is 36.6 Å².